The van der Waals surface area contributed by atoms with E-state index < -0.39 is 35.6 Å². The maximum absolute atomic E-state index is 11.6. The zero-order chi connectivity index (χ0) is 24.2. The van der Waals surface area contributed by atoms with Crippen LogP contribution >= 0.6 is 0 Å². The fourth-order valence-corrected chi connectivity index (χ4v) is 1.37. The van der Waals surface area contributed by atoms with Crippen LogP contribution in [0.4, 0.5) is 13.2 Å². The summed E-state index contributed by atoms with van der Waals surface area (Å²) >= 11 is 0. The third kappa shape index (κ3) is 14.8. The normalized spacial score (nSPS) is 11.7. The Morgan fingerprint density at radius 1 is 0.733 bits per heavy atom. The van der Waals surface area contributed by atoms with Gasteiger partial charge in [-0.2, -0.15) is 13.2 Å². The molecule has 0 saturated heterocycles. The molecule has 0 fully saturated rings. The maximum atomic E-state index is 11.6. The van der Waals surface area contributed by atoms with Gasteiger partial charge in [-0.15, -0.1) is 0 Å². The van der Waals surface area contributed by atoms with Crippen LogP contribution in [0.1, 0.15) is 67.7 Å². The molecule has 0 N–H and O–H groups in total. The molecule has 0 spiro atoms. The second kappa shape index (κ2) is 13.2. The number of ether oxygens (including phenoxy) is 3. The Balaban J connectivity index is 0. The van der Waals surface area contributed by atoms with E-state index in [1.54, 1.807) is 34.6 Å². The molecule has 0 atom stereocenters. The molecule has 0 aliphatic rings. The average Bonchev–Trinajstić information content (AvgIpc) is 2.62. The molecular weight excluding hydrogens is 409 g/mol. The van der Waals surface area contributed by atoms with Gasteiger partial charge in [0.15, 0.2) is 6.61 Å². The number of hydrogen-bond acceptors (Lipinski definition) is 7. The Kier molecular flexibility index (Phi) is 13.3. The summed E-state index contributed by atoms with van der Waals surface area (Å²) in [6.07, 6.45) is -3.56. The van der Waals surface area contributed by atoms with E-state index in [1.165, 1.54) is 6.92 Å². The van der Waals surface area contributed by atoms with E-state index in [4.69, 9.17) is 9.47 Å². The number of Topliss-reactive ketones (excluding diaryl/α,β-unsaturated/α-hetero) is 1. The predicted octanol–water partition coefficient (Wildman–Crippen LogP) is 4.02. The molecule has 0 aromatic carbocycles. The minimum absolute atomic E-state index is 0.0162. The molecule has 0 aliphatic carbocycles. The second-order valence-electron chi connectivity index (χ2n) is 7.90. The summed E-state index contributed by atoms with van der Waals surface area (Å²) in [5.74, 6) is -1.97. The molecule has 7 nitrogen and oxygen atoms in total. The molecule has 0 unspecified atom stereocenters. The first-order valence-corrected chi connectivity index (χ1v) is 9.54. The molecule has 176 valence electrons. The quantitative estimate of drug-likeness (QED) is 0.218. The fourth-order valence-electron chi connectivity index (χ4n) is 1.37. The van der Waals surface area contributed by atoms with Gasteiger partial charge in [-0.25, -0.2) is 0 Å². The average molecular weight is 442 g/mol. The van der Waals surface area contributed by atoms with Gasteiger partial charge in [0.1, 0.15) is 25.4 Å². The SMILES string of the molecule is CCC(C)(C)C(=O)OCC(F)(F)F.CCC(C)(C)C(=O)OCCOC(=O)CC(C)=O. The van der Waals surface area contributed by atoms with Crippen LogP contribution in [0, 0.1) is 10.8 Å². The topological polar surface area (TPSA) is 96.0 Å². The first kappa shape index (κ1) is 30.1. The summed E-state index contributed by atoms with van der Waals surface area (Å²) in [5.41, 5.74) is -1.37. The van der Waals surface area contributed by atoms with E-state index >= 15 is 0 Å². The Bertz CT molecular complexity index is 581. The van der Waals surface area contributed by atoms with Gasteiger partial charge in [0.2, 0.25) is 0 Å². The van der Waals surface area contributed by atoms with Crippen LogP contribution in [0.25, 0.3) is 0 Å². The van der Waals surface area contributed by atoms with Crippen molar-refractivity contribution in [2.24, 2.45) is 10.8 Å². The Morgan fingerprint density at radius 2 is 1.13 bits per heavy atom. The number of carbonyl (C=O) groups is 4. The highest BCUT2D eigenvalue weighted by molar-refractivity contribution is 5.94. The van der Waals surface area contributed by atoms with Crippen molar-refractivity contribution in [2.75, 3.05) is 19.8 Å². The number of carbonyl (C=O) groups excluding carboxylic acids is 4. The molecule has 0 aromatic rings. The van der Waals surface area contributed by atoms with Crippen molar-refractivity contribution in [3.05, 3.63) is 0 Å². The first-order chi connectivity index (χ1) is 13.5. The van der Waals surface area contributed by atoms with Crippen LogP contribution in [0.3, 0.4) is 0 Å². The third-order valence-electron chi connectivity index (χ3n) is 4.21. The van der Waals surface area contributed by atoms with E-state index in [9.17, 15) is 32.3 Å². The van der Waals surface area contributed by atoms with Crippen molar-refractivity contribution in [3.8, 4) is 0 Å². The lowest BCUT2D eigenvalue weighted by molar-refractivity contribution is -0.192. The lowest BCUT2D eigenvalue weighted by Crippen LogP contribution is -2.29. The molecule has 0 aliphatic heterocycles. The molecule has 0 amide bonds. The summed E-state index contributed by atoms with van der Waals surface area (Å²) < 4.78 is 48.7. The summed E-state index contributed by atoms with van der Waals surface area (Å²) in [5, 5.41) is 0. The fraction of sp³-hybridized carbons (Fsp3) is 0.800. The van der Waals surface area contributed by atoms with Gasteiger partial charge in [0.05, 0.1) is 10.8 Å². The number of esters is 3. The molecule has 0 rings (SSSR count). The lowest BCUT2D eigenvalue weighted by atomic mass is 9.91. The van der Waals surface area contributed by atoms with E-state index in [0.717, 1.165) is 0 Å². The van der Waals surface area contributed by atoms with Crippen LogP contribution in [0.15, 0.2) is 0 Å². The highest BCUT2D eigenvalue weighted by atomic mass is 19.4. The largest absolute Gasteiger partial charge is 0.462 e. The summed E-state index contributed by atoms with van der Waals surface area (Å²) in [4.78, 5) is 44.1. The Labute approximate surface area is 175 Å². The van der Waals surface area contributed by atoms with Gasteiger partial charge in [0, 0.05) is 0 Å². The van der Waals surface area contributed by atoms with Crippen molar-refractivity contribution < 1.29 is 46.6 Å². The highest BCUT2D eigenvalue weighted by Gasteiger charge is 2.34. The van der Waals surface area contributed by atoms with Crippen LogP contribution in [0.5, 0.6) is 0 Å². The zero-order valence-corrected chi connectivity index (χ0v) is 18.7. The van der Waals surface area contributed by atoms with Gasteiger partial charge in [0.25, 0.3) is 0 Å². The number of rotatable bonds is 10. The summed E-state index contributed by atoms with van der Waals surface area (Å²) in [7, 11) is 0. The maximum Gasteiger partial charge on any atom is 0.422 e. The van der Waals surface area contributed by atoms with Crippen LogP contribution in [-0.2, 0) is 33.4 Å². The minimum Gasteiger partial charge on any atom is -0.462 e. The molecule has 30 heavy (non-hydrogen) atoms. The molecule has 0 aromatic heterocycles. The molecule has 0 heterocycles. The minimum atomic E-state index is -4.44. The monoisotopic (exact) mass is 442 g/mol. The molecule has 10 heteroatoms. The number of halogens is 3. The summed E-state index contributed by atoms with van der Waals surface area (Å²) in [6.45, 7) is 10.1. The lowest BCUT2D eigenvalue weighted by Gasteiger charge is -2.20. The van der Waals surface area contributed by atoms with Crippen LogP contribution < -0.4 is 0 Å². The van der Waals surface area contributed by atoms with Gasteiger partial charge in [-0.05, 0) is 47.5 Å². The van der Waals surface area contributed by atoms with Crippen molar-refractivity contribution in [2.45, 2.75) is 73.9 Å². The van der Waals surface area contributed by atoms with Gasteiger partial charge < -0.3 is 14.2 Å². The van der Waals surface area contributed by atoms with Crippen molar-refractivity contribution in [1.82, 2.24) is 0 Å². The Hall–Kier alpha value is -2.13. The van der Waals surface area contributed by atoms with Gasteiger partial charge >= 0.3 is 24.1 Å². The van der Waals surface area contributed by atoms with Crippen molar-refractivity contribution in [3.63, 3.8) is 0 Å². The van der Waals surface area contributed by atoms with Crippen LogP contribution in [-0.4, -0.2) is 49.7 Å². The number of hydrogen-bond donors (Lipinski definition) is 0. The summed E-state index contributed by atoms with van der Waals surface area (Å²) in [6, 6.07) is 0. The predicted molar refractivity (Wildman–Crippen MR) is 102 cm³/mol. The molecule has 0 bridgehead atoms. The molecular formula is C20H33F3O7. The number of alkyl halides is 3. The zero-order valence-electron chi connectivity index (χ0n) is 18.7. The second-order valence-corrected chi connectivity index (χ2v) is 7.90. The third-order valence-corrected chi connectivity index (χ3v) is 4.21. The number of ketones is 1. The van der Waals surface area contributed by atoms with Gasteiger partial charge in [-0.1, -0.05) is 13.8 Å². The highest BCUT2D eigenvalue weighted by Crippen LogP contribution is 2.23. The van der Waals surface area contributed by atoms with E-state index in [0.29, 0.717) is 12.8 Å². The van der Waals surface area contributed by atoms with Gasteiger partial charge in [-0.3, -0.25) is 19.2 Å². The smallest absolute Gasteiger partial charge is 0.422 e. The standard InChI is InChI=1S/C12H20O5.C8H13F3O2/c1-5-12(3,4)11(15)17-7-6-16-10(14)8-9(2)13;1-4-7(2,3)6(12)13-5-8(9,10)11/h5-8H2,1-4H3;4-5H2,1-3H3. The van der Waals surface area contributed by atoms with Crippen LogP contribution in [0.2, 0.25) is 0 Å². The van der Waals surface area contributed by atoms with Crippen molar-refractivity contribution >= 4 is 23.7 Å². The molecule has 0 saturated carbocycles. The molecule has 0 radical (unpaired) electrons. The Morgan fingerprint density at radius 3 is 1.50 bits per heavy atom. The van der Waals surface area contributed by atoms with E-state index in [-0.39, 0.29) is 31.4 Å². The van der Waals surface area contributed by atoms with E-state index in [2.05, 4.69) is 4.74 Å². The first-order valence-electron chi connectivity index (χ1n) is 9.54. The van der Waals surface area contributed by atoms with E-state index in [1.807, 2.05) is 6.92 Å². The van der Waals surface area contributed by atoms with Crippen molar-refractivity contribution in [1.29, 1.82) is 0 Å².